The molecule has 1 saturated carbocycles. The van der Waals surface area contributed by atoms with Gasteiger partial charge in [-0.15, -0.1) is 11.3 Å². The zero-order valence-corrected chi connectivity index (χ0v) is 12.0. The molecule has 1 aromatic rings. The number of carbonyl (C=O) groups is 2. The molecule has 104 valence electrons. The van der Waals surface area contributed by atoms with Crippen LogP contribution in [0.4, 0.5) is 0 Å². The molecule has 0 atom stereocenters. The van der Waals surface area contributed by atoms with Gasteiger partial charge >= 0.3 is 11.9 Å². The van der Waals surface area contributed by atoms with E-state index in [1.54, 1.807) is 12.3 Å². The average Bonchev–Trinajstić information content (AvgIpc) is 3.06. The summed E-state index contributed by atoms with van der Waals surface area (Å²) in [5, 5.41) is 1.71. The van der Waals surface area contributed by atoms with Crippen LogP contribution in [0.25, 0.3) is 0 Å². The van der Waals surface area contributed by atoms with Crippen LogP contribution in [0.2, 0.25) is 0 Å². The number of thiophene rings is 1. The van der Waals surface area contributed by atoms with Gasteiger partial charge in [-0.1, -0.05) is 12.8 Å². The monoisotopic (exact) mass is 282 g/mol. The van der Waals surface area contributed by atoms with Crippen molar-refractivity contribution in [2.45, 2.75) is 38.5 Å². The van der Waals surface area contributed by atoms with E-state index in [2.05, 4.69) is 0 Å². The number of esters is 2. The molecule has 4 nitrogen and oxygen atoms in total. The number of ether oxygens (including phenoxy) is 2. The van der Waals surface area contributed by atoms with Crippen molar-refractivity contribution < 1.29 is 19.1 Å². The van der Waals surface area contributed by atoms with Crippen LogP contribution < -0.4 is 0 Å². The third kappa shape index (κ3) is 2.81. The van der Waals surface area contributed by atoms with E-state index < -0.39 is 11.9 Å². The molecule has 0 saturated heterocycles. The van der Waals surface area contributed by atoms with Gasteiger partial charge in [0.05, 0.1) is 24.8 Å². The van der Waals surface area contributed by atoms with Crippen molar-refractivity contribution in [2.75, 3.05) is 13.7 Å². The maximum absolute atomic E-state index is 12.1. The van der Waals surface area contributed by atoms with Gasteiger partial charge in [0.2, 0.25) is 0 Å². The highest BCUT2D eigenvalue weighted by Gasteiger charge is 2.30. The first kappa shape index (κ1) is 14.1. The Morgan fingerprint density at radius 3 is 2.58 bits per heavy atom. The Morgan fingerprint density at radius 2 is 2.00 bits per heavy atom. The van der Waals surface area contributed by atoms with Gasteiger partial charge < -0.3 is 9.47 Å². The number of carbonyl (C=O) groups excluding carboxylic acids is 2. The van der Waals surface area contributed by atoms with Gasteiger partial charge in [0.1, 0.15) is 0 Å². The van der Waals surface area contributed by atoms with E-state index in [0.29, 0.717) is 23.7 Å². The second-order valence-electron chi connectivity index (χ2n) is 4.58. The van der Waals surface area contributed by atoms with Gasteiger partial charge in [0.25, 0.3) is 0 Å². The van der Waals surface area contributed by atoms with Crippen LogP contribution in [0.3, 0.4) is 0 Å². The Balaban J connectivity index is 2.39. The van der Waals surface area contributed by atoms with Crippen LogP contribution >= 0.6 is 11.3 Å². The molecule has 0 aliphatic heterocycles. The minimum Gasteiger partial charge on any atom is -0.465 e. The van der Waals surface area contributed by atoms with Crippen LogP contribution in [0.1, 0.15) is 64.1 Å². The van der Waals surface area contributed by atoms with E-state index in [9.17, 15) is 9.59 Å². The van der Waals surface area contributed by atoms with Crippen molar-refractivity contribution in [2.24, 2.45) is 0 Å². The number of methoxy groups -OCH3 is 1. The lowest BCUT2D eigenvalue weighted by atomic mass is 10.00. The summed E-state index contributed by atoms with van der Waals surface area (Å²) in [7, 11) is 1.32. The van der Waals surface area contributed by atoms with Gasteiger partial charge in [-0.3, -0.25) is 0 Å². The number of hydrogen-bond acceptors (Lipinski definition) is 5. The fourth-order valence-corrected chi connectivity index (χ4v) is 3.73. The molecule has 0 spiro atoms. The fourth-order valence-electron chi connectivity index (χ4n) is 2.54. The maximum Gasteiger partial charge on any atom is 0.340 e. The van der Waals surface area contributed by atoms with E-state index in [1.165, 1.54) is 31.3 Å². The molecule has 1 aliphatic carbocycles. The summed E-state index contributed by atoms with van der Waals surface area (Å²) in [6, 6.07) is 0. The quantitative estimate of drug-likeness (QED) is 0.794. The van der Waals surface area contributed by atoms with Gasteiger partial charge in [-0.2, -0.15) is 0 Å². The predicted molar refractivity (Wildman–Crippen MR) is 72.8 cm³/mol. The minimum atomic E-state index is -0.469. The molecule has 19 heavy (non-hydrogen) atoms. The van der Waals surface area contributed by atoms with Crippen LogP contribution in [-0.2, 0) is 9.47 Å². The Hall–Kier alpha value is -1.36. The lowest BCUT2D eigenvalue weighted by Gasteiger charge is -2.10. The molecular weight excluding hydrogens is 264 g/mol. The third-order valence-electron chi connectivity index (χ3n) is 3.43. The largest absolute Gasteiger partial charge is 0.465 e. The van der Waals surface area contributed by atoms with E-state index in [1.807, 2.05) is 0 Å². The highest BCUT2D eigenvalue weighted by atomic mass is 32.1. The second-order valence-corrected chi connectivity index (χ2v) is 5.49. The van der Waals surface area contributed by atoms with Crippen molar-refractivity contribution in [1.82, 2.24) is 0 Å². The van der Waals surface area contributed by atoms with E-state index >= 15 is 0 Å². The van der Waals surface area contributed by atoms with Gasteiger partial charge in [0.15, 0.2) is 0 Å². The smallest absolute Gasteiger partial charge is 0.340 e. The summed E-state index contributed by atoms with van der Waals surface area (Å²) in [5.74, 6) is -0.502. The van der Waals surface area contributed by atoms with Crippen LogP contribution in [0, 0.1) is 0 Å². The maximum atomic E-state index is 12.1. The second kappa shape index (κ2) is 6.19. The number of hydrogen-bond donors (Lipinski definition) is 0. The van der Waals surface area contributed by atoms with Gasteiger partial charge in [-0.25, -0.2) is 9.59 Å². The first-order chi connectivity index (χ1) is 9.19. The summed E-state index contributed by atoms with van der Waals surface area (Å²) < 4.78 is 9.82. The van der Waals surface area contributed by atoms with E-state index in [4.69, 9.17) is 9.47 Å². The fraction of sp³-hybridized carbons (Fsp3) is 0.571. The van der Waals surface area contributed by atoms with Crippen molar-refractivity contribution >= 4 is 23.3 Å². The van der Waals surface area contributed by atoms with Crippen LogP contribution in [0.5, 0.6) is 0 Å². The first-order valence-electron chi connectivity index (χ1n) is 6.55. The van der Waals surface area contributed by atoms with Crippen molar-refractivity contribution in [3.8, 4) is 0 Å². The van der Waals surface area contributed by atoms with Gasteiger partial charge in [-0.05, 0) is 25.7 Å². The summed E-state index contributed by atoms with van der Waals surface area (Å²) >= 11 is 1.47. The molecule has 1 fully saturated rings. The van der Waals surface area contributed by atoms with Crippen molar-refractivity contribution in [1.29, 1.82) is 0 Å². The molecular formula is C14H18O4S. The molecule has 5 heteroatoms. The van der Waals surface area contributed by atoms with Crippen molar-refractivity contribution in [3.63, 3.8) is 0 Å². The Bertz CT molecular complexity index is 472. The lowest BCUT2D eigenvalue weighted by molar-refractivity contribution is 0.0503. The minimum absolute atomic E-state index is 0.305. The average molecular weight is 282 g/mol. The first-order valence-corrected chi connectivity index (χ1v) is 7.43. The highest BCUT2D eigenvalue weighted by molar-refractivity contribution is 7.10. The normalized spacial score (nSPS) is 15.5. The molecule has 0 amide bonds. The summed E-state index contributed by atoms with van der Waals surface area (Å²) in [6.07, 6.45) is 4.51. The molecule has 2 rings (SSSR count). The third-order valence-corrected chi connectivity index (χ3v) is 4.58. The Labute approximate surface area is 116 Å². The lowest BCUT2D eigenvalue weighted by Crippen LogP contribution is -2.13. The highest BCUT2D eigenvalue weighted by Crippen LogP contribution is 2.40. The topological polar surface area (TPSA) is 52.6 Å². The summed E-state index contributed by atoms with van der Waals surface area (Å²) in [6.45, 7) is 2.07. The van der Waals surface area contributed by atoms with Gasteiger partial charge in [0, 0.05) is 10.3 Å². The molecule has 1 aliphatic rings. The Morgan fingerprint density at radius 1 is 1.32 bits per heavy atom. The van der Waals surface area contributed by atoms with Crippen molar-refractivity contribution in [3.05, 3.63) is 21.4 Å². The Kier molecular flexibility index (Phi) is 4.58. The molecule has 0 aromatic carbocycles. The molecule has 0 unspecified atom stereocenters. The van der Waals surface area contributed by atoms with E-state index in [0.717, 1.165) is 17.7 Å². The molecule has 0 N–H and O–H groups in total. The van der Waals surface area contributed by atoms with Crippen LogP contribution in [0.15, 0.2) is 5.38 Å². The zero-order valence-electron chi connectivity index (χ0n) is 11.2. The molecule has 1 aromatic heterocycles. The zero-order chi connectivity index (χ0) is 13.8. The number of rotatable bonds is 4. The molecule has 0 bridgehead atoms. The predicted octanol–water partition coefficient (Wildman–Crippen LogP) is 3.37. The molecule has 1 heterocycles. The SMILES string of the molecule is CCOC(=O)c1c(C(=O)OC)csc1C1CCCC1. The molecule has 0 radical (unpaired) electrons. The standard InChI is InChI=1S/C14H18O4S/c1-3-18-14(16)11-10(13(15)17-2)8-19-12(11)9-6-4-5-7-9/h8-9H,3-7H2,1-2H3. The van der Waals surface area contributed by atoms with E-state index in [-0.39, 0.29) is 0 Å². The summed E-state index contributed by atoms with van der Waals surface area (Å²) in [4.78, 5) is 24.8. The summed E-state index contributed by atoms with van der Waals surface area (Å²) in [5.41, 5.74) is 0.762. The van der Waals surface area contributed by atoms with Crippen LogP contribution in [-0.4, -0.2) is 25.7 Å².